The van der Waals surface area contributed by atoms with Crippen LogP contribution in [-0.2, 0) is 13.2 Å². The molecule has 0 aliphatic rings. The molecule has 0 atom stereocenters. The summed E-state index contributed by atoms with van der Waals surface area (Å²) in [5.41, 5.74) is 4.40. The summed E-state index contributed by atoms with van der Waals surface area (Å²) >= 11 is 1.01. The van der Waals surface area contributed by atoms with Crippen LogP contribution in [0.2, 0.25) is 0 Å². The lowest BCUT2D eigenvalue weighted by atomic mass is 10.3. The zero-order chi connectivity index (χ0) is 13.5. The van der Waals surface area contributed by atoms with Gasteiger partial charge in [0.05, 0.1) is 9.75 Å². The Morgan fingerprint density at radius 3 is 2.56 bits per heavy atom. The van der Waals surface area contributed by atoms with E-state index in [9.17, 15) is 18.0 Å². The predicted molar refractivity (Wildman–Crippen MR) is 60.0 cm³/mol. The number of aryl methyl sites for hydroxylation is 1. The molecule has 1 amide bonds. The van der Waals surface area contributed by atoms with Gasteiger partial charge in [-0.1, -0.05) is 0 Å². The number of nitrogens with zero attached hydrogens (tertiary/aromatic N) is 2. The smallest absolute Gasteiger partial charge is 0.365 e. The lowest BCUT2D eigenvalue weighted by Gasteiger charge is -2.04. The highest BCUT2D eigenvalue weighted by Crippen LogP contribution is 2.33. The van der Waals surface area contributed by atoms with Gasteiger partial charge in [0.15, 0.2) is 0 Å². The number of amides is 1. The van der Waals surface area contributed by atoms with E-state index in [1.807, 2.05) is 0 Å². The first-order valence-electron chi connectivity index (χ1n) is 4.80. The molecule has 2 aromatic heterocycles. The van der Waals surface area contributed by atoms with E-state index in [4.69, 9.17) is 5.73 Å². The summed E-state index contributed by atoms with van der Waals surface area (Å²) in [5.74, 6) is -0.613. The van der Waals surface area contributed by atoms with E-state index in [1.165, 1.54) is 19.2 Å². The fourth-order valence-electron chi connectivity index (χ4n) is 1.46. The Kier molecular flexibility index (Phi) is 2.89. The van der Waals surface area contributed by atoms with Gasteiger partial charge in [-0.05, 0) is 18.2 Å². The van der Waals surface area contributed by atoms with Crippen molar-refractivity contribution in [3.8, 4) is 10.6 Å². The molecule has 18 heavy (non-hydrogen) atoms. The third-order valence-corrected chi connectivity index (χ3v) is 3.39. The van der Waals surface area contributed by atoms with Crippen LogP contribution in [0.25, 0.3) is 10.6 Å². The number of hydrogen-bond acceptors (Lipinski definition) is 3. The average Bonchev–Trinajstić information content (AvgIpc) is 2.81. The third-order valence-electron chi connectivity index (χ3n) is 2.27. The van der Waals surface area contributed by atoms with Crippen LogP contribution in [0.4, 0.5) is 13.2 Å². The minimum atomic E-state index is -4.45. The maximum atomic E-state index is 12.6. The van der Waals surface area contributed by atoms with Crippen molar-refractivity contribution in [2.45, 2.75) is 6.18 Å². The Morgan fingerprint density at radius 1 is 1.44 bits per heavy atom. The first-order chi connectivity index (χ1) is 8.29. The molecular formula is C10H8F3N3OS. The summed E-state index contributed by atoms with van der Waals surface area (Å²) in [6.45, 7) is 0. The Bertz CT molecular complexity index is 600. The van der Waals surface area contributed by atoms with Gasteiger partial charge in [-0.25, -0.2) is 0 Å². The largest absolute Gasteiger partial charge is 0.433 e. The number of halogens is 3. The van der Waals surface area contributed by atoms with E-state index in [2.05, 4.69) is 5.10 Å². The molecule has 4 nitrogen and oxygen atoms in total. The summed E-state index contributed by atoms with van der Waals surface area (Å²) in [6.07, 6.45) is -4.45. The topological polar surface area (TPSA) is 60.9 Å². The molecule has 0 aliphatic heterocycles. The first kappa shape index (κ1) is 12.6. The normalized spacial score (nSPS) is 11.8. The van der Waals surface area contributed by atoms with Crippen molar-refractivity contribution in [2.75, 3.05) is 0 Å². The van der Waals surface area contributed by atoms with Crippen LogP contribution in [0, 0.1) is 0 Å². The van der Waals surface area contributed by atoms with Gasteiger partial charge in [-0.2, -0.15) is 18.3 Å². The fourth-order valence-corrected chi connectivity index (χ4v) is 2.27. The summed E-state index contributed by atoms with van der Waals surface area (Å²) < 4.78 is 38.5. The molecule has 2 heterocycles. The SMILES string of the molecule is Cn1nc(-c2ccc(C(N)=O)s2)cc1C(F)(F)F. The van der Waals surface area contributed by atoms with Gasteiger partial charge in [0.2, 0.25) is 0 Å². The van der Waals surface area contributed by atoms with Crippen LogP contribution in [0.1, 0.15) is 15.4 Å². The van der Waals surface area contributed by atoms with Crippen molar-refractivity contribution in [1.82, 2.24) is 9.78 Å². The Morgan fingerprint density at radius 2 is 2.11 bits per heavy atom. The Labute approximate surface area is 104 Å². The molecule has 8 heteroatoms. The van der Waals surface area contributed by atoms with Gasteiger partial charge in [0.1, 0.15) is 11.4 Å². The lowest BCUT2D eigenvalue weighted by molar-refractivity contribution is -0.143. The molecule has 2 aromatic rings. The highest BCUT2D eigenvalue weighted by molar-refractivity contribution is 7.17. The molecule has 0 aromatic carbocycles. The highest BCUT2D eigenvalue weighted by atomic mass is 32.1. The van der Waals surface area contributed by atoms with E-state index >= 15 is 0 Å². The average molecular weight is 275 g/mol. The van der Waals surface area contributed by atoms with Crippen LogP contribution < -0.4 is 5.73 Å². The van der Waals surface area contributed by atoms with E-state index in [0.29, 0.717) is 4.88 Å². The number of hydrogen-bond donors (Lipinski definition) is 1. The predicted octanol–water partition coefficient (Wildman–Crippen LogP) is 2.27. The van der Waals surface area contributed by atoms with Crippen LogP contribution in [-0.4, -0.2) is 15.7 Å². The summed E-state index contributed by atoms with van der Waals surface area (Å²) in [6, 6.07) is 3.92. The summed E-state index contributed by atoms with van der Waals surface area (Å²) in [5, 5.41) is 3.77. The van der Waals surface area contributed by atoms with E-state index < -0.39 is 17.8 Å². The maximum absolute atomic E-state index is 12.6. The van der Waals surface area contributed by atoms with Crippen molar-refractivity contribution in [3.63, 3.8) is 0 Å². The van der Waals surface area contributed by atoms with Crippen molar-refractivity contribution < 1.29 is 18.0 Å². The molecule has 2 rings (SSSR count). The standard InChI is InChI=1S/C10H8F3N3OS/c1-16-8(10(11,12)13)4-5(15-16)6-2-3-7(18-6)9(14)17/h2-4H,1H3,(H2,14,17). The molecule has 0 saturated carbocycles. The number of aromatic nitrogens is 2. The second kappa shape index (κ2) is 4.13. The second-order valence-corrected chi connectivity index (χ2v) is 4.65. The zero-order valence-corrected chi connectivity index (χ0v) is 9.97. The second-order valence-electron chi connectivity index (χ2n) is 3.56. The van der Waals surface area contributed by atoms with Gasteiger partial charge >= 0.3 is 6.18 Å². The quantitative estimate of drug-likeness (QED) is 0.913. The molecule has 2 N–H and O–H groups in total. The van der Waals surface area contributed by atoms with E-state index in [-0.39, 0.29) is 10.6 Å². The number of primary amides is 1. The molecule has 0 bridgehead atoms. The van der Waals surface area contributed by atoms with Gasteiger partial charge in [-0.3, -0.25) is 9.48 Å². The molecule has 0 unspecified atom stereocenters. The summed E-state index contributed by atoms with van der Waals surface area (Å²) in [4.78, 5) is 11.7. The Balaban J connectivity index is 2.42. The molecule has 0 aliphatic carbocycles. The molecular weight excluding hydrogens is 267 g/mol. The van der Waals surface area contributed by atoms with Crippen LogP contribution in [0.15, 0.2) is 18.2 Å². The minimum absolute atomic E-state index is 0.169. The molecule has 0 spiro atoms. The van der Waals surface area contributed by atoms with E-state index in [0.717, 1.165) is 22.1 Å². The number of nitrogens with two attached hydrogens (primary N) is 1. The maximum Gasteiger partial charge on any atom is 0.433 e. The van der Waals surface area contributed by atoms with Crippen molar-refractivity contribution in [1.29, 1.82) is 0 Å². The monoisotopic (exact) mass is 275 g/mol. The van der Waals surface area contributed by atoms with Crippen molar-refractivity contribution >= 4 is 17.2 Å². The molecule has 0 fully saturated rings. The van der Waals surface area contributed by atoms with Crippen LogP contribution in [0.3, 0.4) is 0 Å². The molecule has 0 saturated heterocycles. The van der Waals surface area contributed by atoms with Crippen LogP contribution >= 0.6 is 11.3 Å². The number of rotatable bonds is 2. The Hall–Kier alpha value is -1.83. The number of alkyl halides is 3. The number of carbonyl (C=O) groups excluding carboxylic acids is 1. The fraction of sp³-hybridized carbons (Fsp3) is 0.200. The van der Waals surface area contributed by atoms with Gasteiger partial charge < -0.3 is 5.73 Å². The summed E-state index contributed by atoms with van der Waals surface area (Å²) in [7, 11) is 1.22. The van der Waals surface area contributed by atoms with Gasteiger partial charge in [0.25, 0.3) is 5.91 Å². The first-order valence-corrected chi connectivity index (χ1v) is 5.62. The molecule has 0 radical (unpaired) electrons. The van der Waals surface area contributed by atoms with Gasteiger partial charge in [0, 0.05) is 7.05 Å². The zero-order valence-electron chi connectivity index (χ0n) is 9.15. The minimum Gasteiger partial charge on any atom is -0.365 e. The van der Waals surface area contributed by atoms with Gasteiger partial charge in [-0.15, -0.1) is 11.3 Å². The number of thiophene rings is 1. The lowest BCUT2D eigenvalue weighted by Crippen LogP contribution is -2.11. The van der Waals surface area contributed by atoms with Crippen molar-refractivity contribution in [3.05, 3.63) is 28.8 Å². The molecule has 96 valence electrons. The van der Waals surface area contributed by atoms with Crippen molar-refractivity contribution in [2.24, 2.45) is 12.8 Å². The number of carbonyl (C=O) groups is 1. The van der Waals surface area contributed by atoms with E-state index in [1.54, 1.807) is 0 Å². The highest BCUT2D eigenvalue weighted by Gasteiger charge is 2.35. The van der Waals surface area contributed by atoms with Crippen LogP contribution in [0.5, 0.6) is 0 Å². The third kappa shape index (κ3) is 2.23.